The third-order valence-electron chi connectivity index (χ3n) is 2.85. The summed E-state index contributed by atoms with van der Waals surface area (Å²) < 4.78 is 5.24. The van der Waals surface area contributed by atoms with Crippen LogP contribution in [0.25, 0.3) is 0 Å². The van der Waals surface area contributed by atoms with E-state index in [1.165, 1.54) is 0 Å². The number of carbonyl (C=O) groups excluding carboxylic acids is 1. The number of rotatable bonds is 4. The average molecular weight is 236 g/mol. The van der Waals surface area contributed by atoms with Crippen LogP contribution >= 0.6 is 0 Å². The Labute approximate surface area is 102 Å². The molecule has 0 spiro atoms. The van der Waals surface area contributed by atoms with Gasteiger partial charge in [-0.25, -0.2) is 0 Å². The van der Waals surface area contributed by atoms with Gasteiger partial charge in [-0.2, -0.15) is 0 Å². The first-order chi connectivity index (χ1) is 7.87. The second-order valence-electron chi connectivity index (χ2n) is 4.67. The zero-order chi connectivity index (χ0) is 13.1. The van der Waals surface area contributed by atoms with Crippen molar-refractivity contribution in [2.45, 2.75) is 26.4 Å². The number of nitrogens with two attached hydrogens (primary N) is 1. The molecule has 0 saturated carbocycles. The molecule has 0 bridgehead atoms. The van der Waals surface area contributed by atoms with Crippen LogP contribution in [0, 0.1) is 6.92 Å². The summed E-state index contributed by atoms with van der Waals surface area (Å²) in [4.78, 5) is 12.0. The van der Waals surface area contributed by atoms with Crippen LogP contribution in [0.2, 0.25) is 0 Å². The van der Waals surface area contributed by atoms with Gasteiger partial charge in [0.15, 0.2) is 0 Å². The van der Waals surface area contributed by atoms with Crippen molar-refractivity contribution in [2.24, 2.45) is 0 Å². The van der Waals surface area contributed by atoms with Gasteiger partial charge in [-0.1, -0.05) is 6.07 Å². The van der Waals surface area contributed by atoms with Gasteiger partial charge in [-0.3, -0.25) is 4.79 Å². The molecular formula is C13H20N2O2. The largest absolute Gasteiger partial charge is 0.398 e. The van der Waals surface area contributed by atoms with Gasteiger partial charge >= 0.3 is 0 Å². The van der Waals surface area contributed by atoms with E-state index in [-0.39, 0.29) is 11.5 Å². The quantitative estimate of drug-likeness (QED) is 0.782. The molecule has 0 unspecified atom stereocenters. The van der Waals surface area contributed by atoms with Crippen LogP contribution in [0.4, 0.5) is 5.69 Å². The Bertz CT molecular complexity index is 414. The van der Waals surface area contributed by atoms with Crippen LogP contribution in [-0.4, -0.2) is 25.2 Å². The molecule has 0 aliphatic heterocycles. The van der Waals surface area contributed by atoms with Crippen molar-refractivity contribution in [2.75, 3.05) is 19.4 Å². The Morgan fingerprint density at radius 2 is 2.12 bits per heavy atom. The minimum Gasteiger partial charge on any atom is -0.398 e. The number of anilines is 1. The molecule has 0 radical (unpaired) electrons. The third-order valence-corrected chi connectivity index (χ3v) is 2.85. The van der Waals surface area contributed by atoms with E-state index in [1.807, 2.05) is 20.8 Å². The number of methoxy groups -OCH3 is 1. The summed E-state index contributed by atoms with van der Waals surface area (Å²) in [7, 11) is 1.62. The second-order valence-corrected chi connectivity index (χ2v) is 4.67. The minimum absolute atomic E-state index is 0.125. The molecule has 3 N–H and O–H groups in total. The number of hydrogen-bond acceptors (Lipinski definition) is 3. The minimum atomic E-state index is -0.371. The molecule has 0 aromatic heterocycles. The molecular weight excluding hydrogens is 216 g/mol. The van der Waals surface area contributed by atoms with Crippen LogP contribution in [-0.2, 0) is 4.74 Å². The Morgan fingerprint density at radius 3 is 2.71 bits per heavy atom. The lowest BCUT2D eigenvalue weighted by atomic mass is 10.1. The Kier molecular flexibility index (Phi) is 4.12. The fourth-order valence-corrected chi connectivity index (χ4v) is 1.36. The van der Waals surface area contributed by atoms with Gasteiger partial charge in [0.05, 0.1) is 5.60 Å². The molecule has 1 amide bonds. The van der Waals surface area contributed by atoms with Gasteiger partial charge in [-0.05, 0) is 38.5 Å². The maximum Gasteiger partial charge on any atom is 0.251 e. The fraction of sp³-hybridized carbons (Fsp3) is 0.462. The van der Waals surface area contributed by atoms with E-state index in [1.54, 1.807) is 25.3 Å². The highest BCUT2D eigenvalue weighted by molar-refractivity contribution is 5.96. The first kappa shape index (κ1) is 13.5. The zero-order valence-corrected chi connectivity index (χ0v) is 10.8. The molecule has 4 heteroatoms. The number of nitrogens with one attached hydrogen (secondary N) is 1. The highest BCUT2D eigenvalue weighted by atomic mass is 16.5. The smallest absolute Gasteiger partial charge is 0.251 e. The Hall–Kier alpha value is -1.55. The molecule has 0 saturated heterocycles. The lowest BCUT2D eigenvalue weighted by Gasteiger charge is -2.23. The first-order valence-corrected chi connectivity index (χ1v) is 5.56. The van der Waals surface area contributed by atoms with E-state index in [0.29, 0.717) is 17.8 Å². The van der Waals surface area contributed by atoms with Crippen LogP contribution in [0.5, 0.6) is 0 Å². The maximum atomic E-state index is 12.0. The third kappa shape index (κ3) is 3.46. The number of nitrogen functional groups attached to an aromatic ring is 1. The first-order valence-electron chi connectivity index (χ1n) is 5.56. The van der Waals surface area contributed by atoms with Gasteiger partial charge < -0.3 is 15.8 Å². The molecule has 94 valence electrons. The number of ether oxygens (including phenoxy) is 1. The van der Waals surface area contributed by atoms with Crippen molar-refractivity contribution in [3.8, 4) is 0 Å². The summed E-state index contributed by atoms with van der Waals surface area (Å²) in [6.45, 7) is 6.13. The molecule has 0 aliphatic rings. The van der Waals surface area contributed by atoms with Gasteiger partial charge in [0.25, 0.3) is 5.91 Å². The number of benzene rings is 1. The van der Waals surface area contributed by atoms with Gasteiger partial charge in [0.2, 0.25) is 0 Å². The molecule has 1 aromatic rings. The molecule has 0 fully saturated rings. The van der Waals surface area contributed by atoms with Crippen molar-refractivity contribution in [3.63, 3.8) is 0 Å². The van der Waals surface area contributed by atoms with Crippen LogP contribution in [0.1, 0.15) is 29.8 Å². The topological polar surface area (TPSA) is 64.3 Å². The van der Waals surface area contributed by atoms with E-state index in [0.717, 1.165) is 5.56 Å². The number of amides is 1. The second kappa shape index (κ2) is 5.19. The summed E-state index contributed by atoms with van der Waals surface area (Å²) >= 11 is 0. The normalized spacial score (nSPS) is 11.3. The summed E-state index contributed by atoms with van der Waals surface area (Å²) in [5.74, 6) is -0.125. The molecule has 0 atom stereocenters. The molecule has 4 nitrogen and oxygen atoms in total. The summed E-state index contributed by atoms with van der Waals surface area (Å²) in [6, 6.07) is 5.32. The van der Waals surface area contributed by atoms with Crippen LogP contribution in [0.15, 0.2) is 18.2 Å². The highest BCUT2D eigenvalue weighted by Gasteiger charge is 2.18. The molecule has 1 aromatic carbocycles. The van der Waals surface area contributed by atoms with E-state index in [9.17, 15) is 4.79 Å². The van der Waals surface area contributed by atoms with Crippen LogP contribution in [0.3, 0.4) is 0 Å². The van der Waals surface area contributed by atoms with Crippen molar-refractivity contribution >= 4 is 11.6 Å². The predicted octanol–water partition coefficient (Wildman–Crippen LogP) is 1.73. The van der Waals surface area contributed by atoms with E-state index >= 15 is 0 Å². The van der Waals surface area contributed by atoms with Gasteiger partial charge in [-0.15, -0.1) is 0 Å². The molecule has 1 rings (SSSR count). The standard InChI is InChI=1S/C13H20N2O2/c1-9-10(6-5-7-11(9)14)12(16)15-8-13(2,3)17-4/h5-7H,8,14H2,1-4H3,(H,15,16). The van der Waals surface area contributed by atoms with Gasteiger partial charge in [0, 0.05) is 24.9 Å². The van der Waals surface area contributed by atoms with Crippen molar-refractivity contribution in [1.82, 2.24) is 5.32 Å². The van der Waals surface area contributed by atoms with E-state index < -0.39 is 0 Å². The van der Waals surface area contributed by atoms with E-state index in [2.05, 4.69) is 5.32 Å². The molecule has 0 aliphatic carbocycles. The number of hydrogen-bond donors (Lipinski definition) is 2. The van der Waals surface area contributed by atoms with Gasteiger partial charge in [0.1, 0.15) is 0 Å². The van der Waals surface area contributed by atoms with Crippen LogP contribution < -0.4 is 11.1 Å². The monoisotopic (exact) mass is 236 g/mol. The van der Waals surface area contributed by atoms with Crippen molar-refractivity contribution in [1.29, 1.82) is 0 Å². The van der Waals surface area contributed by atoms with E-state index in [4.69, 9.17) is 10.5 Å². The Balaban J connectivity index is 2.74. The number of carbonyl (C=O) groups is 1. The lowest BCUT2D eigenvalue weighted by molar-refractivity contribution is 0.0228. The van der Waals surface area contributed by atoms with Crippen molar-refractivity contribution < 1.29 is 9.53 Å². The highest BCUT2D eigenvalue weighted by Crippen LogP contribution is 2.15. The summed E-state index contributed by atoms with van der Waals surface area (Å²) in [5.41, 5.74) is 7.43. The summed E-state index contributed by atoms with van der Waals surface area (Å²) in [6.07, 6.45) is 0. The molecule has 17 heavy (non-hydrogen) atoms. The predicted molar refractivity (Wildman–Crippen MR) is 69.0 cm³/mol. The maximum absolute atomic E-state index is 12.0. The molecule has 0 heterocycles. The van der Waals surface area contributed by atoms with Crippen molar-refractivity contribution in [3.05, 3.63) is 29.3 Å². The Morgan fingerprint density at radius 1 is 1.47 bits per heavy atom. The zero-order valence-electron chi connectivity index (χ0n) is 10.8. The lowest BCUT2D eigenvalue weighted by Crippen LogP contribution is -2.39. The summed E-state index contributed by atoms with van der Waals surface area (Å²) in [5, 5.41) is 2.84. The SMILES string of the molecule is COC(C)(C)CNC(=O)c1cccc(N)c1C. The average Bonchev–Trinajstić information content (AvgIpc) is 2.30. The fourth-order valence-electron chi connectivity index (χ4n) is 1.36.